The maximum Gasteiger partial charge on any atom is 0.223 e. The minimum atomic E-state index is -0.0558. The first-order valence-electron chi connectivity index (χ1n) is 13.7. The van der Waals surface area contributed by atoms with Gasteiger partial charge in [-0.3, -0.25) is 14.6 Å². The Morgan fingerprint density at radius 1 is 1.05 bits per heavy atom. The molecule has 2 aliphatic heterocycles. The number of aromatic amines is 1. The van der Waals surface area contributed by atoms with Gasteiger partial charge < -0.3 is 15.2 Å². The van der Waals surface area contributed by atoms with Gasteiger partial charge in [-0.1, -0.05) is 50.6 Å². The summed E-state index contributed by atoms with van der Waals surface area (Å²) in [4.78, 5) is 36.0. The third-order valence-electron chi connectivity index (χ3n) is 8.26. The molecule has 194 valence electrons. The predicted octanol–water partition coefficient (Wildman–Crippen LogP) is 6.12. The quantitative estimate of drug-likeness (QED) is 0.331. The number of likely N-dealkylation sites (tertiary alicyclic amines) is 1. The number of carbonyl (C=O) groups excluding carboxylic acids is 1. The lowest BCUT2D eigenvalue weighted by Gasteiger charge is -2.26. The highest BCUT2D eigenvalue weighted by Crippen LogP contribution is 2.33. The molecule has 4 aromatic rings. The van der Waals surface area contributed by atoms with Crippen LogP contribution in [-0.2, 0) is 4.79 Å². The normalized spacial score (nSPS) is 19.8. The Bertz CT molecular complexity index is 1600. The molecular formula is C32H34N4O2. The van der Waals surface area contributed by atoms with Gasteiger partial charge in [0, 0.05) is 35.6 Å². The van der Waals surface area contributed by atoms with Gasteiger partial charge in [-0.25, -0.2) is 0 Å². The van der Waals surface area contributed by atoms with Crippen molar-refractivity contribution in [3.05, 3.63) is 82.1 Å². The fourth-order valence-corrected chi connectivity index (χ4v) is 5.79. The van der Waals surface area contributed by atoms with Crippen LogP contribution in [0, 0.1) is 5.92 Å². The molecule has 6 heteroatoms. The maximum atomic E-state index is 13.3. The zero-order chi connectivity index (χ0) is 26.2. The number of amides is 1. The smallest absolute Gasteiger partial charge is 0.223 e. The third-order valence-corrected chi connectivity index (χ3v) is 8.26. The fraction of sp³-hybridized carbons (Fsp3) is 0.344. The van der Waals surface area contributed by atoms with Crippen molar-refractivity contribution >= 4 is 33.9 Å². The molecule has 0 bridgehead atoms. The molecule has 1 fully saturated rings. The van der Waals surface area contributed by atoms with Gasteiger partial charge in [0.05, 0.1) is 25.0 Å². The van der Waals surface area contributed by atoms with E-state index in [9.17, 15) is 9.59 Å². The van der Waals surface area contributed by atoms with E-state index in [1.54, 1.807) is 12.4 Å². The second-order valence-corrected chi connectivity index (χ2v) is 10.8. The van der Waals surface area contributed by atoms with Crippen LogP contribution in [0.25, 0.3) is 32.8 Å². The van der Waals surface area contributed by atoms with Crippen LogP contribution in [0.15, 0.2) is 70.5 Å². The van der Waals surface area contributed by atoms with Crippen LogP contribution in [0.1, 0.15) is 62.9 Å². The summed E-state index contributed by atoms with van der Waals surface area (Å²) < 4.78 is 0. The van der Waals surface area contributed by atoms with Crippen molar-refractivity contribution in [1.29, 1.82) is 0 Å². The molecule has 1 aromatic heterocycles. The number of H-pyrrole nitrogens is 1. The summed E-state index contributed by atoms with van der Waals surface area (Å²) in [6, 6.07) is 20.9. The Morgan fingerprint density at radius 3 is 2.66 bits per heavy atom. The molecule has 3 heterocycles. The summed E-state index contributed by atoms with van der Waals surface area (Å²) in [7, 11) is 0. The molecule has 6 nitrogen and oxygen atoms in total. The van der Waals surface area contributed by atoms with Crippen LogP contribution in [0.3, 0.4) is 0 Å². The van der Waals surface area contributed by atoms with Crippen LogP contribution >= 0.6 is 0 Å². The third kappa shape index (κ3) is 4.60. The zero-order valence-corrected chi connectivity index (χ0v) is 22.0. The molecule has 3 aromatic carbocycles. The second kappa shape index (κ2) is 10.1. The van der Waals surface area contributed by atoms with Crippen LogP contribution in [0.4, 0.5) is 0 Å². The number of carbonyl (C=O) groups is 1. The van der Waals surface area contributed by atoms with E-state index in [1.807, 2.05) is 17.0 Å². The Kier molecular flexibility index (Phi) is 6.48. The van der Waals surface area contributed by atoms with Gasteiger partial charge in [-0.15, -0.1) is 0 Å². The van der Waals surface area contributed by atoms with E-state index in [0.717, 1.165) is 60.1 Å². The van der Waals surface area contributed by atoms with Crippen molar-refractivity contribution < 1.29 is 4.79 Å². The average molecular weight is 507 g/mol. The van der Waals surface area contributed by atoms with Crippen molar-refractivity contribution in [1.82, 2.24) is 15.2 Å². The number of benzene rings is 3. The summed E-state index contributed by atoms with van der Waals surface area (Å²) in [5, 5.41) is 6.32. The number of fused-ring (bicyclic) bond motifs is 2. The van der Waals surface area contributed by atoms with E-state index in [1.165, 1.54) is 10.9 Å². The minimum Gasteiger partial charge on any atom is -0.368 e. The van der Waals surface area contributed by atoms with Gasteiger partial charge in [-0.05, 0) is 70.5 Å². The standard InChI is InChI=1S/C32H34N4O2/c1-3-20(2)13-32(38)36-12-4-5-30(36)28-17-31(37)26-16-24(10-11-27(26)35-28)22-6-7-23-15-25(9-8-21(23)14-22)29-18-33-19-34-29/h6-11,14-17,19-20,29-30H,3-5,12-13,18H2,1-2H3,(H,33,34)(H,35,37)/t20-,29?,30?/m0/s1. The molecule has 0 spiro atoms. The van der Waals surface area contributed by atoms with Crippen molar-refractivity contribution in [2.24, 2.45) is 10.9 Å². The molecule has 2 aliphatic rings. The number of pyridine rings is 1. The molecule has 1 saturated heterocycles. The molecule has 2 unspecified atom stereocenters. The molecule has 0 saturated carbocycles. The Morgan fingerprint density at radius 2 is 1.84 bits per heavy atom. The number of aliphatic imine (C=N–C) groups is 1. The number of hydrogen-bond acceptors (Lipinski definition) is 4. The van der Waals surface area contributed by atoms with E-state index in [0.29, 0.717) is 17.7 Å². The summed E-state index contributed by atoms with van der Waals surface area (Å²) in [5.74, 6) is 0.559. The van der Waals surface area contributed by atoms with Crippen LogP contribution in [-0.4, -0.2) is 35.2 Å². The Hall–Kier alpha value is -3.93. The molecule has 2 N–H and O–H groups in total. The zero-order valence-electron chi connectivity index (χ0n) is 22.0. The molecule has 38 heavy (non-hydrogen) atoms. The van der Waals surface area contributed by atoms with E-state index >= 15 is 0 Å². The molecule has 1 amide bonds. The van der Waals surface area contributed by atoms with Gasteiger partial charge in [0.1, 0.15) is 0 Å². The first-order chi connectivity index (χ1) is 18.5. The number of aromatic nitrogens is 1. The number of hydrogen-bond donors (Lipinski definition) is 2. The largest absolute Gasteiger partial charge is 0.368 e. The average Bonchev–Trinajstić information content (AvgIpc) is 3.65. The first kappa shape index (κ1) is 24.4. The number of nitrogens with one attached hydrogen (secondary N) is 2. The number of nitrogens with zero attached hydrogens (tertiary/aromatic N) is 2. The van der Waals surface area contributed by atoms with Crippen molar-refractivity contribution in [3.8, 4) is 11.1 Å². The highest BCUT2D eigenvalue weighted by molar-refractivity contribution is 5.90. The topological polar surface area (TPSA) is 77.6 Å². The lowest BCUT2D eigenvalue weighted by Crippen LogP contribution is -2.32. The first-order valence-corrected chi connectivity index (χ1v) is 13.7. The Labute approximate surface area is 222 Å². The molecule has 0 radical (unpaired) electrons. The van der Waals surface area contributed by atoms with Crippen molar-refractivity contribution in [2.45, 2.75) is 51.6 Å². The van der Waals surface area contributed by atoms with Crippen LogP contribution in [0.2, 0.25) is 0 Å². The van der Waals surface area contributed by atoms with Gasteiger partial charge >= 0.3 is 0 Å². The van der Waals surface area contributed by atoms with Gasteiger partial charge in [0.25, 0.3) is 0 Å². The van der Waals surface area contributed by atoms with E-state index in [4.69, 9.17) is 0 Å². The highest BCUT2D eigenvalue weighted by Gasteiger charge is 2.31. The van der Waals surface area contributed by atoms with E-state index in [-0.39, 0.29) is 23.4 Å². The predicted molar refractivity (Wildman–Crippen MR) is 155 cm³/mol. The summed E-state index contributed by atoms with van der Waals surface area (Å²) in [5.41, 5.74) is 4.98. The lowest BCUT2D eigenvalue weighted by atomic mass is 9.97. The van der Waals surface area contributed by atoms with Crippen molar-refractivity contribution in [3.63, 3.8) is 0 Å². The summed E-state index contributed by atoms with van der Waals surface area (Å²) >= 11 is 0. The molecule has 3 atom stereocenters. The Balaban J connectivity index is 1.28. The fourth-order valence-electron chi connectivity index (χ4n) is 5.79. The number of rotatable bonds is 6. The minimum absolute atomic E-state index is 0.00598. The summed E-state index contributed by atoms with van der Waals surface area (Å²) in [6.45, 7) is 5.76. The lowest BCUT2D eigenvalue weighted by molar-refractivity contribution is -0.133. The molecular weight excluding hydrogens is 472 g/mol. The van der Waals surface area contributed by atoms with E-state index < -0.39 is 0 Å². The summed E-state index contributed by atoms with van der Waals surface area (Å²) in [6.07, 6.45) is 5.18. The van der Waals surface area contributed by atoms with Crippen LogP contribution < -0.4 is 10.7 Å². The van der Waals surface area contributed by atoms with Crippen LogP contribution in [0.5, 0.6) is 0 Å². The maximum absolute atomic E-state index is 13.3. The molecule has 6 rings (SSSR count). The SMILES string of the molecule is CC[C@H](C)CC(=O)N1CCCC1c1cc(=O)c2cc(-c3ccc4cc(C5CN=CN5)ccc4c3)ccc2[nH]1. The van der Waals surface area contributed by atoms with Crippen molar-refractivity contribution in [2.75, 3.05) is 13.1 Å². The van der Waals surface area contributed by atoms with Gasteiger partial charge in [0.15, 0.2) is 5.43 Å². The van der Waals surface area contributed by atoms with Gasteiger partial charge in [-0.2, -0.15) is 0 Å². The van der Waals surface area contributed by atoms with Gasteiger partial charge in [0.2, 0.25) is 5.91 Å². The van der Waals surface area contributed by atoms with E-state index in [2.05, 4.69) is 71.6 Å². The monoisotopic (exact) mass is 506 g/mol. The highest BCUT2D eigenvalue weighted by atomic mass is 16.2. The second-order valence-electron chi connectivity index (χ2n) is 10.8. The molecule has 0 aliphatic carbocycles.